The molecule has 0 atom stereocenters. The molecular formula is C18H15ClN4. The maximum absolute atomic E-state index is 5.85. The Hall–Kier alpha value is -2.46. The summed E-state index contributed by atoms with van der Waals surface area (Å²) in [5, 5.41) is 10.6. The molecule has 114 valence electrons. The maximum Gasteiger partial charge on any atom is 0.0854 e. The summed E-state index contributed by atoms with van der Waals surface area (Å²) in [6.07, 6.45) is 3.56. The number of aryl methyl sites for hydroxylation is 1. The van der Waals surface area contributed by atoms with E-state index in [1.165, 1.54) is 0 Å². The summed E-state index contributed by atoms with van der Waals surface area (Å²) in [6.45, 7) is 0. The maximum atomic E-state index is 5.85. The van der Waals surface area contributed by atoms with Crippen LogP contribution in [0.1, 0.15) is 12.1 Å². The Morgan fingerprint density at radius 3 is 2.22 bits per heavy atom. The molecule has 2 heterocycles. The van der Waals surface area contributed by atoms with Gasteiger partial charge in [0.25, 0.3) is 0 Å². The van der Waals surface area contributed by atoms with Gasteiger partial charge in [-0.1, -0.05) is 41.6 Å². The quantitative estimate of drug-likeness (QED) is 0.419. The van der Waals surface area contributed by atoms with E-state index < -0.39 is 0 Å². The SMILES string of the molecule is ClCCCc1cnnn1-c1c2ccccc2nc2ccccc12. The molecular weight excluding hydrogens is 308 g/mol. The van der Waals surface area contributed by atoms with E-state index in [0.29, 0.717) is 5.88 Å². The molecule has 0 amide bonds. The molecule has 2 aromatic carbocycles. The third-order valence-corrected chi connectivity index (χ3v) is 4.22. The Balaban J connectivity index is 2.06. The third kappa shape index (κ3) is 2.45. The van der Waals surface area contributed by atoms with E-state index >= 15 is 0 Å². The number of hydrogen-bond donors (Lipinski definition) is 0. The summed E-state index contributed by atoms with van der Waals surface area (Å²) in [5.74, 6) is 0.628. The van der Waals surface area contributed by atoms with E-state index in [2.05, 4.69) is 22.4 Å². The smallest absolute Gasteiger partial charge is 0.0854 e. The number of para-hydroxylation sites is 2. The number of nitrogens with zero attached hydrogens (tertiary/aromatic N) is 4. The second-order valence-corrected chi connectivity index (χ2v) is 5.80. The van der Waals surface area contributed by atoms with Crippen LogP contribution in [0.4, 0.5) is 0 Å². The summed E-state index contributed by atoms with van der Waals surface area (Å²) in [6, 6.07) is 16.3. The monoisotopic (exact) mass is 322 g/mol. The van der Waals surface area contributed by atoms with Gasteiger partial charge in [0, 0.05) is 16.7 Å². The number of rotatable bonds is 4. The highest BCUT2D eigenvalue weighted by Crippen LogP contribution is 2.29. The minimum atomic E-state index is 0.628. The van der Waals surface area contributed by atoms with E-state index in [0.717, 1.165) is 46.0 Å². The van der Waals surface area contributed by atoms with Gasteiger partial charge in [0.2, 0.25) is 0 Å². The lowest BCUT2D eigenvalue weighted by Gasteiger charge is -2.12. The number of pyridine rings is 1. The van der Waals surface area contributed by atoms with E-state index in [9.17, 15) is 0 Å². The number of hydrogen-bond acceptors (Lipinski definition) is 3. The van der Waals surface area contributed by atoms with Crippen molar-refractivity contribution in [3.8, 4) is 5.69 Å². The summed E-state index contributed by atoms with van der Waals surface area (Å²) in [5.41, 5.74) is 4.01. The average molecular weight is 323 g/mol. The molecule has 0 bridgehead atoms. The molecule has 0 saturated carbocycles. The number of halogens is 1. The van der Waals surface area contributed by atoms with Crippen LogP contribution in [0.25, 0.3) is 27.5 Å². The van der Waals surface area contributed by atoms with Gasteiger partial charge >= 0.3 is 0 Å². The van der Waals surface area contributed by atoms with Gasteiger partial charge in [-0.15, -0.1) is 16.7 Å². The fourth-order valence-electron chi connectivity index (χ4n) is 2.91. The van der Waals surface area contributed by atoms with Gasteiger partial charge in [0.15, 0.2) is 0 Å². The highest BCUT2D eigenvalue weighted by atomic mass is 35.5. The lowest BCUT2D eigenvalue weighted by Crippen LogP contribution is -2.05. The van der Waals surface area contributed by atoms with Crippen LogP contribution < -0.4 is 0 Å². The fourth-order valence-corrected chi connectivity index (χ4v) is 3.04. The zero-order valence-electron chi connectivity index (χ0n) is 12.5. The van der Waals surface area contributed by atoms with Crippen LogP contribution in [0.2, 0.25) is 0 Å². The van der Waals surface area contributed by atoms with Gasteiger partial charge in [-0.25, -0.2) is 9.67 Å². The van der Waals surface area contributed by atoms with Gasteiger partial charge in [-0.3, -0.25) is 0 Å². The first kappa shape index (κ1) is 14.2. The summed E-state index contributed by atoms with van der Waals surface area (Å²) >= 11 is 5.85. The molecule has 4 aromatic rings. The molecule has 0 unspecified atom stereocenters. The van der Waals surface area contributed by atoms with Crippen molar-refractivity contribution in [2.45, 2.75) is 12.8 Å². The Morgan fingerprint density at radius 1 is 0.913 bits per heavy atom. The van der Waals surface area contributed by atoms with E-state index in [-0.39, 0.29) is 0 Å². The number of aromatic nitrogens is 4. The standard InChI is InChI=1S/C18H15ClN4/c19-11-5-6-13-12-20-22-23(13)18-14-7-1-3-9-16(14)21-17-10-4-2-8-15(17)18/h1-4,7-10,12H,5-6,11H2. The summed E-state index contributed by atoms with van der Waals surface area (Å²) in [4.78, 5) is 4.76. The zero-order chi connectivity index (χ0) is 15.6. The molecule has 2 aromatic heterocycles. The first-order chi connectivity index (χ1) is 11.4. The second kappa shape index (κ2) is 5.97. The van der Waals surface area contributed by atoms with E-state index in [1.54, 1.807) is 0 Å². The van der Waals surface area contributed by atoms with Crippen molar-refractivity contribution in [3.63, 3.8) is 0 Å². The van der Waals surface area contributed by atoms with Crippen molar-refractivity contribution < 1.29 is 0 Å². The Labute approximate surface area is 138 Å². The van der Waals surface area contributed by atoms with E-state index in [4.69, 9.17) is 16.6 Å². The van der Waals surface area contributed by atoms with Crippen LogP contribution >= 0.6 is 11.6 Å². The molecule has 0 N–H and O–H groups in total. The average Bonchev–Trinajstić information content (AvgIpc) is 3.05. The van der Waals surface area contributed by atoms with Crippen LogP contribution in [0.3, 0.4) is 0 Å². The molecule has 5 heteroatoms. The second-order valence-electron chi connectivity index (χ2n) is 5.42. The van der Waals surface area contributed by atoms with Gasteiger partial charge in [0.1, 0.15) is 0 Å². The Bertz CT molecular complexity index is 923. The van der Waals surface area contributed by atoms with Crippen molar-refractivity contribution in [3.05, 3.63) is 60.4 Å². The number of fused-ring (bicyclic) bond motifs is 2. The molecule has 4 rings (SSSR count). The summed E-state index contributed by atoms with van der Waals surface area (Å²) in [7, 11) is 0. The van der Waals surface area contributed by atoms with Gasteiger partial charge in [-0.2, -0.15) is 0 Å². The molecule has 0 spiro atoms. The minimum absolute atomic E-state index is 0.628. The number of alkyl halides is 1. The highest BCUT2D eigenvalue weighted by Gasteiger charge is 2.14. The van der Waals surface area contributed by atoms with Gasteiger partial charge < -0.3 is 0 Å². The van der Waals surface area contributed by atoms with Crippen LogP contribution in [-0.4, -0.2) is 25.9 Å². The lowest BCUT2D eigenvalue weighted by atomic mass is 10.1. The van der Waals surface area contributed by atoms with Crippen LogP contribution in [0.5, 0.6) is 0 Å². The molecule has 0 aliphatic heterocycles. The van der Waals surface area contributed by atoms with Crippen LogP contribution in [0.15, 0.2) is 54.7 Å². The molecule has 0 aliphatic rings. The van der Waals surface area contributed by atoms with Crippen LogP contribution in [0, 0.1) is 0 Å². The molecule has 0 saturated heterocycles. The fraction of sp³-hybridized carbons (Fsp3) is 0.167. The first-order valence-electron chi connectivity index (χ1n) is 7.62. The van der Waals surface area contributed by atoms with Crippen molar-refractivity contribution in [2.75, 3.05) is 5.88 Å². The Morgan fingerprint density at radius 2 is 1.57 bits per heavy atom. The van der Waals surface area contributed by atoms with Crippen molar-refractivity contribution in [1.29, 1.82) is 0 Å². The van der Waals surface area contributed by atoms with Crippen molar-refractivity contribution in [1.82, 2.24) is 20.0 Å². The lowest BCUT2D eigenvalue weighted by molar-refractivity contribution is 0.754. The van der Waals surface area contributed by atoms with Crippen LogP contribution in [-0.2, 0) is 6.42 Å². The zero-order valence-corrected chi connectivity index (χ0v) is 13.2. The predicted molar refractivity (Wildman–Crippen MR) is 93.2 cm³/mol. The van der Waals surface area contributed by atoms with Gasteiger partial charge in [-0.05, 0) is 25.0 Å². The predicted octanol–water partition coefficient (Wildman–Crippen LogP) is 4.14. The van der Waals surface area contributed by atoms with E-state index in [1.807, 2.05) is 47.3 Å². The molecule has 4 nitrogen and oxygen atoms in total. The largest absolute Gasteiger partial charge is 0.248 e. The molecule has 23 heavy (non-hydrogen) atoms. The summed E-state index contributed by atoms with van der Waals surface area (Å²) < 4.78 is 1.93. The normalized spacial score (nSPS) is 11.3. The minimum Gasteiger partial charge on any atom is -0.248 e. The molecule has 0 aliphatic carbocycles. The highest BCUT2D eigenvalue weighted by molar-refractivity contribution is 6.17. The topological polar surface area (TPSA) is 43.6 Å². The Kier molecular flexibility index (Phi) is 3.67. The molecule has 0 fully saturated rings. The third-order valence-electron chi connectivity index (χ3n) is 3.96. The van der Waals surface area contributed by atoms with Gasteiger partial charge in [0.05, 0.1) is 28.6 Å². The molecule has 0 radical (unpaired) electrons. The number of benzene rings is 2. The van der Waals surface area contributed by atoms with Crippen molar-refractivity contribution in [2.24, 2.45) is 0 Å². The first-order valence-corrected chi connectivity index (χ1v) is 8.15. The van der Waals surface area contributed by atoms with Crippen molar-refractivity contribution >= 4 is 33.4 Å².